The van der Waals surface area contributed by atoms with Crippen molar-refractivity contribution in [3.05, 3.63) is 24.3 Å². The summed E-state index contributed by atoms with van der Waals surface area (Å²) in [6.45, 7) is 3.35. The van der Waals surface area contributed by atoms with Crippen molar-refractivity contribution < 1.29 is 19.1 Å². The molecule has 1 aliphatic rings. The predicted octanol–water partition coefficient (Wildman–Crippen LogP) is 1.40. The Hall–Kier alpha value is -1.88. The minimum atomic E-state index is -0.429. The third-order valence-electron chi connectivity index (χ3n) is 2.99. The molecular formula is C14H17NO4. The van der Waals surface area contributed by atoms with Crippen molar-refractivity contribution in [3.63, 3.8) is 0 Å². The summed E-state index contributed by atoms with van der Waals surface area (Å²) in [7, 11) is 1.58. The summed E-state index contributed by atoms with van der Waals surface area (Å²) >= 11 is 0. The van der Waals surface area contributed by atoms with Gasteiger partial charge in [0.15, 0.2) is 6.10 Å². The van der Waals surface area contributed by atoms with E-state index in [4.69, 9.17) is 9.47 Å². The number of hydrogen-bond acceptors (Lipinski definition) is 4. The van der Waals surface area contributed by atoms with Gasteiger partial charge in [-0.25, -0.2) is 0 Å². The third-order valence-corrected chi connectivity index (χ3v) is 2.99. The van der Waals surface area contributed by atoms with Crippen molar-refractivity contribution >= 4 is 17.4 Å². The highest BCUT2D eigenvalue weighted by atomic mass is 16.6. The Kier molecular flexibility index (Phi) is 3.85. The van der Waals surface area contributed by atoms with E-state index in [2.05, 4.69) is 0 Å². The molecule has 2 atom stereocenters. The molecule has 1 fully saturated rings. The summed E-state index contributed by atoms with van der Waals surface area (Å²) in [4.78, 5) is 25.0. The molecule has 0 bridgehead atoms. The first-order valence-corrected chi connectivity index (χ1v) is 6.13. The number of rotatable bonds is 5. The Balaban J connectivity index is 2.20. The minimum Gasteiger partial charge on any atom is -0.497 e. The molecule has 5 nitrogen and oxygen atoms in total. The molecule has 0 aliphatic carbocycles. The van der Waals surface area contributed by atoms with E-state index in [1.54, 1.807) is 31.4 Å². The van der Waals surface area contributed by atoms with Crippen LogP contribution in [0.3, 0.4) is 0 Å². The number of hydrogen-bond donors (Lipinski definition) is 0. The van der Waals surface area contributed by atoms with E-state index >= 15 is 0 Å². The van der Waals surface area contributed by atoms with Gasteiger partial charge in [0.25, 0.3) is 5.91 Å². The molecule has 1 amide bonds. The van der Waals surface area contributed by atoms with Crippen molar-refractivity contribution in [2.45, 2.75) is 26.1 Å². The lowest BCUT2D eigenvalue weighted by atomic mass is 10.2. The van der Waals surface area contributed by atoms with Crippen molar-refractivity contribution in [1.29, 1.82) is 0 Å². The van der Waals surface area contributed by atoms with Crippen LogP contribution in [-0.4, -0.2) is 37.6 Å². The van der Waals surface area contributed by atoms with Crippen molar-refractivity contribution in [2.24, 2.45) is 0 Å². The molecule has 0 N–H and O–H groups in total. The van der Waals surface area contributed by atoms with E-state index in [9.17, 15) is 9.59 Å². The van der Waals surface area contributed by atoms with Crippen LogP contribution in [0.25, 0.3) is 0 Å². The van der Waals surface area contributed by atoms with Gasteiger partial charge in [0.1, 0.15) is 11.5 Å². The molecule has 1 aromatic carbocycles. The van der Waals surface area contributed by atoms with Gasteiger partial charge in [0.05, 0.1) is 19.8 Å². The zero-order chi connectivity index (χ0) is 14.0. The Morgan fingerprint density at radius 1 is 1.32 bits per heavy atom. The average molecular weight is 263 g/mol. The molecule has 0 radical (unpaired) electrons. The standard InChI is InChI=1S/C14H17NO4/c1-9(16)8-15(14(17)13-10(2)19-13)11-4-6-12(18-3)7-5-11/h4-7,10,13H,8H2,1-3H3. The molecule has 2 unspecified atom stereocenters. The number of anilines is 1. The van der Waals surface area contributed by atoms with Crippen LogP contribution in [0.1, 0.15) is 13.8 Å². The van der Waals surface area contributed by atoms with Crippen molar-refractivity contribution in [3.8, 4) is 5.75 Å². The maximum atomic E-state index is 12.2. The highest BCUT2D eigenvalue weighted by Crippen LogP contribution is 2.27. The summed E-state index contributed by atoms with van der Waals surface area (Å²) in [5.41, 5.74) is 0.670. The fourth-order valence-electron chi connectivity index (χ4n) is 1.88. The second-order valence-electron chi connectivity index (χ2n) is 4.59. The van der Waals surface area contributed by atoms with Gasteiger partial charge in [-0.15, -0.1) is 0 Å². The molecule has 0 spiro atoms. The predicted molar refractivity (Wildman–Crippen MR) is 70.4 cm³/mol. The molecule has 5 heteroatoms. The topological polar surface area (TPSA) is 59.1 Å². The summed E-state index contributed by atoms with van der Waals surface area (Å²) in [5.74, 6) is 0.459. The number of benzene rings is 1. The Morgan fingerprint density at radius 3 is 2.32 bits per heavy atom. The van der Waals surface area contributed by atoms with E-state index < -0.39 is 6.10 Å². The summed E-state index contributed by atoms with van der Waals surface area (Å²) in [6.07, 6.45) is -0.498. The Labute approximate surface area is 112 Å². The maximum Gasteiger partial charge on any atom is 0.259 e. The fraction of sp³-hybridized carbons (Fsp3) is 0.429. The maximum absolute atomic E-state index is 12.2. The molecule has 2 rings (SSSR count). The van der Waals surface area contributed by atoms with Crippen LogP contribution in [0.2, 0.25) is 0 Å². The molecule has 102 valence electrons. The lowest BCUT2D eigenvalue weighted by Crippen LogP contribution is -2.38. The van der Waals surface area contributed by atoms with Gasteiger partial charge < -0.3 is 14.4 Å². The number of ketones is 1. The quantitative estimate of drug-likeness (QED) is 0.753. The highest BCUT2D eigenvalue weighted by Gasteiger charge is 2.44. The van der Waals surface area contributed by atoms with Gasteiger partial charge in [-0.1, -0.05) is 0 Å². The normalized spacial score (nSPS) is 20.8. The van der Waals surface area contributed by atoms with Gasteiger partial charge in [-0.2, -0.15) is 0 Å². The number of carbonyl (C=O) groups excluding carboxylic acids is 2. The van der Waals surface area contributed by atoms with Gasteiger partial charge in [-0.05, 0) is 38.1 Å². The first-order valence-electron chi connectivity index (χ1n) is 6.13. The van der Waals surface area contributed by atoms with E-state index in [0.717, 1.165) is 0 Å². The molecule has 19 heavy (non-hydrogen) atoms. The van der Waals surface area contributed by atoms with Crippen LogP contribution in [0, 0.1) is 0 Å². The second kappa shape index (κ2) is 5.40. The van der Waals surface area contributed by atoms with Crippen LogP contribution < -0.4 is 9.64 Å². The van der Waals surface area contributed by atoms with Gasteiger partial charge in [-0.3, -0.25) is 9.59 Å². The number of nitrogens with zero attached hydrogens (tertiary/aromatic N) is 1. The summed E-state index contributed by atoms with van der Waals surface area (Å²) < 4.78 is 10.3. The van der Waals surface area contributed by atoms with Gasteiger partial charge in [0.2, 0.25) is 0 Å². The largest absolute Gasteiger partial charge is 0.497 e. The molecular weight excluding hydrogens is 246 g/mol. The first-order chi connectivity index (χ1) is 9.02. The molecule has 1 heterocycles. The van der Waals surface area contributed by atoms with E-state index in [-0.39, 0.29) is 24.3 Å². The molecule has 1 saturated heterocycles. The molecule has 1 aliphatic heterocycles. The van der Waals surface area contributed by atoms with E-state index in [1.807, 2.05) is 6.92 Å². The first kappa shape index (κ1) is 13.5. The number of carbonyl (C=O) groups is 2. The molecule has 0 aromatic heterocycles. The van der Waals surface area contributed by atoms with Gasteiger partial charge in [0, 0.05) is 5.69 Å². The number of epoxide rings is 1. The monoisotopic (exact) mass is 263 g/mol. The SMILES string of the molecule is COc1ccc(N(CC(C)=O)C(=O)C2OC2C)cc1. The number of amides is 1. The highest BCUT2D eigenvalue weighted by molar-refractivity contribution is 6.02. The van der Waals surface area contributed by atoms with Crippen LogP contribution in [-0.2, 0) is 14.3 Å². The van der Waals surface area contributed by atoms with Crippen molar-refractivity contribution in [1.82, 2.24) is 0 Å². The van der Waals surface area contributed by atoms with Crippen LogP contribution in [0.4, 0.5) is 5.69 Å². The molecule has 1 aromatic rings. The second-order valence-corrected chi connectivity index (χ2v) is 4.59. The zero-order valence-corrected chi connectivity index (χ0v) is 11.3. The van der Waals surface area contributed by atoms with E-state index in [1.165, 1.54) is 11.8 Å². The number of Topliss-reactive ketones (excluding diaryl/α,β-unsaturated/α-hetero) is 1. The zero-order valence-electron chi connectivity index (χ0n) is 11.3. The van der Waals surface area contributed by atoms with Crippen LogP contribution in [0.15, 0.2) is 24.3 Å². The summed E-state index contributed by atoms with van der Waals surface area (Å²) in [5, 5.41) is 0. The Morgan fingerprint density at radius 2 is 1.89 bits per heavy atom. The fourth-order valence-corrected chi connectivity index (χ4v) is 1.88. The van der Waals surface area contributed by atoms with Crippen LogP contribution >= 0.6 is 0 Å². The average Bonchev–Trinajstić information content (AvgIpc) is 3.12. The van der Waals surface area contributed by atoms with Crippen LogP contribution in [0.5, 0.6) is 5.75 Å². The number of ether oxygens (including phenoxy) is 2. The number of methoxy groups -OCH3 is 1. The minimum absolute atomic E-state index is 0.0533. The van der Waals surface area contributed by atoms with E-state index in [0.29, 0.717) is 11.4 Å². The lowest BCUT2D eigenvalue weighted by Gasteiger charge is -2.21. The Bertz CT molecular complexity index is 483. The van der Waals surface area contributed by atoms with Gasteiger partial charge >= 0.3 is 0 Å². The van der Waals surface area contributed by atoms with Crippen molar-refractivity contribution in [2.75, 3.05) is 18.6 Å². The third kappa shape index (κ3) is 3.12. The lowest BCUT2D eigenvalue weighted by molar-refractivity contribution is -0.122. The smallest absolute Gasteiger partial charge is 0.259 e. The summed E-state index contributed by atoms with van der Waals surface area (Å²) in [6, 6.07) is 7.03. The molecule has 0 saturated carbocycles.